The van der Waals surface area contributed by atoms with E-state index in [1.54, 1.807) is 0 Å². The number of anilines is 1. The summed E-state index contributed by atoms with van der Waals surface area (Å²) in [6.45, 7) is 4.87. The van der Waals surface area contributed by atoms with E-state index in [0.717, 1.165) is 36.3 Å². The molecule has 3 rings (SSSR count). The molecular weight excluding hydrogens is 461 g/mol. The first kappa shape index (κ1) is 21.9. The highest BCUT2D eigenvalue weighted by Gasteiger charge is 2.06. The standard InChI is InChI=1S/C22H27N5.HI/c1-3-18-11-13-20(14-12-18)25-22(23)24-15-7-8-19-16-27(26-17(19)2)21-9-5-4-6-10-21;/h4-6,9-14,16H,3,7-8,15H2,1-2H3,(H3,23,24,25);1H. The van der Waals surface area contributed by atoms with Crippen LogP contribution in [0.1, 0.15) is 30.2 Å². The van der Waals surface area contributed by atoms with Gasteiger partial charge in [-0.3, -0.25) is 4.99 Å². The van der Waals surface area contributed by atoms with Crippen LogP contribution in [-0.4, -0.2) is 22.3 Å². The summed E-state index contributed by atoms with van der Waals surface area (Å²) in [6, 6.07) is 18.4. The lowest BCUT2D eigenvalue weighted by Crippen LogP contribution is -2.22. The Morgan fingerprint density at radius 2 is 1.82 bits per heavy atom. The van der Waals surface area contributed by atoms with Crippen LogP contribution in [-0.2, 0) is 12.8 Å². The first-order valence-electron chi connectivity index (χ1n) is 9.42. The molecule has 0 unspecified atom stereocenters. The molecule has 148 valence electrons. The first-order chi connectivity index (χ1) is 13.2. The van der Waals surface area contributed by atoms with Crippen LogP contribution in [0, 0.1) is 6.92 Å². The van der Waals surface area contributed by atoms with Crippen molar-refractivity contribution in [2.45, 2.75) is 33.1 Å². The van der Waals surface area contributed by atoms with Gasteiger partial charge < -0.3 is 11.1 Å². The average molecular weight is 489 g/mol. The molecular formula is C22H28IN5. The number of para-hydroxylation sites is 1. The topological polar surface area (TPSA) is 68.2 Å². The fourth-order valence-electron chi connectivity index (χ4n) is 2.93. The third-order valence-electron chi connectivity index (χ3n) is 4.54. The SMILES string of the molecule is CCc1ccc(NC(N)=NCCCc2cn(-c3ccccc3)nc2C)cc1.I. The second-order valence-corrected chi connectivity index (χ2v) is 6.57. The number of hydrogen-bond acceptors (Lipinski definition) is 2. The number of benzene rings is 2. The van der Waals surface area contributed by atoms with Gasteiger partial charge in [-0.25, -0.2) is 4.68 Å². The first-order valence-corrected chi connectivity index (χ1v) is 9.42. The number of guanidine groups is 1. The molecule has 1 heterocycles. The van der Waals surface area contributed by atoms with Crippen LogP contribution in [0.2, 0.25) is 0 Å². The zero-order chi connectivity index (χ0) is 19.1. The summed E-state index contributed by atoms with van der Waals surface area (Å²) in [5.74, 6) is 0.455. The lowest BCUT2D eigenvalue weighted by atomic mass is 10.1. The van der Waals surface area contributed by atoms with Gasteiger partial charge in [0.05, 0.1) is 11.4 Å². The van der Waals surface area contributed by atoms with Crippen LogP contribution in [0.15, 0.2) is 65.8 Å². The van der Waals surface area contributed by atoms with Crippen molar-refractivity contribution in [2.24, 2.45) is 10.7 Å². The van der Waals surface area contributed by atoms with Crippen molar-refractivity contribution in [1.29, 1.82) is 0 Å². The number of nitrogens with one attached hydrogen (secondary N) is 1. The molecule has 0 amide bonds. The second-order valence-electron chi connectivity index (χ2n) is 6.57. The number of nitrogens with zero attached hydrogens (tertiary/aromatic N) is 3. The monoisotopic (exact) mass is 489 g/mol. The molecule has 0 spiro atoms. The zero-order valence-electron chi connectivity index (χ0n) is 16.4. The van der Waals surface area contributed by atoms with Gasteiger partial charge in [-0.05, 0) is 61.6 Å². The van der Waals surface area contributed by atoms with E-state index in [2.05, 4.69) is 52.8 Å². The zero-order valence-corrected chi connectivity index (χ0v) is 18.8. The fourth-order valence-corrected chi connectivity index (χ4v) is 2.93. The predicted octanol–water partition coefficient (Wildman–Crippen LogP) is 4.72. The summed E-state index contributed by atoms with van der Waals surface area (Å²) >= 11 is 0. The molecule has 0 bridgehead atoms. The summed E-state index contributed by atoms with van der Waals surface area (Å²) in [6.07, 6.45) is 4.99. The lowest BCUT2D eigenvalue weighted by molar-refractivity contribution is 0.827. The van der Waals surface area contributed by atoms with E-state index in [4.69, 9.17) is 5.73 Å². The normalized spacial score (nSPS) is 11.1. The van der Waals surface area contributed by atoms with Crippen LogP contribution in [0.3, 0.4) is 0 Å². The van der Waals surface area contributed by atoms with Crippen molar-refractivity contribution in [3.05, 3.63) is 77.6 Å². The van der Waals surface area contributed by atoms with Gasteiger partial charge in [-0.1, -0.05) is 37.3 Å². The number of halogens is 1. The average Bonchev–Trinajstić information content (AvgIpc) is 3.07. The number of nitrogens with two attached hydrogens (primary N) is 1. The molecule has 0 aliphatic rings. The van der Waals surface area contributed by atoms with Crippen molar-refractivity contribution < 1.29 is 0 Å². The fraction of sp³-hybridized carbons (Fsp3) is 0.273. The van der Waals surface area contributed by atoms with E-state index in [9.17, 15) is 0 Å². The lowest BCUT2D eigenvalue weighted by Gasteiger charge is -2.06. The van der Waals surface area contributed by atoms with Crippen molar-refractivity contribution in [3.8, 4) is 5.69 Å². The molecule has 0 radical (unpaired) electrons. The quantitative estimate of drug-likeness (QED) is 0.219. The van der Waals surface area contributed by atoms with Crippen LogP contribution in [0.4, 0.5) is 5.69 Å². The highest BCUT2D eigenvalue weighted by molar-refractivity contribution is 14.0. The molecule has 3 N–H and O–H groups in total. The van der Waals surface area contributed by atoms with Crippen molar-refractivity contribution >= 4 is 35.6 Å². The minimum Gasteiger partial charge on any atom is -0.370 e. The summed E-state index contributed by atoms with van der Waals surface area (Å²) in [5.41, 5.74) is 11.6. The molecule has 3 aromatic rings. The maximum Gasteiger partial charge on any atom is 0.193 e. The highest BCUT2D eigenvalue weighted by atomic mass is 127. The third kappa shape index (κ3) is 6.09. The summed E-state index contributed by atoms with van der Waals surface area (Å²) in [7, 11) is 0. The number of rotatable bonds is 7. The van der Waals surface area contributed by atoms with Gasteiger partial charge in [-0.15, -0.1) is 24.0 Å². The molecule has 0 aliphatic heterocycles. The van der Waals surface area contributed by atoms with Crippen molar-refractivity contribution in [1.82, 2.24) is 9.78 Å². The molecule has 6 heteroatoms. The van der Waals surface area contributed by atoms with E-state index in [-0.39, 0.29) is 24.0 Å². The Morgan fingerprint density at radius 1 is 1.11 bits per heavy atom. The van der Waals surface area contributed by atoms with E-state index < -0.39 is 0 Å². The van der Waals surface area contributed by atoms with Gasteiger partial charge in [0.15, 0.2) is 5.96 Å². The van der Waals surface area contributed by atoms with Gasteiger partial charge in [0.1, 0.15) is 0 Å². The van der Waals surface area contributed by atoms with Crippen molar-refractivity contribution in [2.75, 3.05) is 11.9 Å². The van der Waals surface area contributed by atoms with E-state index in [1.807, 2.05) is 41.9 Å². The highest BCUT2D eigenvalue weighted by Crippen LogP contribution is 2.13. The Kier molecular flexibility index (Phi) is 8.50. The molecule has 1 aromatic heterocycles. The molecule has 0 saturated heterocycles. The van der Waals surface area contributed by atoms with Crippen LogP contribution in [0.5, 0.6) is 0 Å². The second kappa shape index (κ2) is 10.8. The Labute approximate surface area is 184 Å². The molecule has 0 atom stereocenters. The number of hydrogen-bond donors (Lipinski definition) is 2. The van der Waals surface area contributed by atoms with Gasteiger partial charge in [0, 0.05) is 18.4 Å². The Hall–Kier alpha value is -2.35. The molecule has 2 aromatic carbocycles. The van der Waals surface area contributed by atoms with Crippen LogP contribution < -0.4 is 11.1 Å². The van der Waals surface area contributed by atoms with E-state index >= 15 is 0 Å². The minimum absolute atomic E-state index is 0. The van der Waals surface area contributed by atoms with E-state index in [1.165, 1.54) is 11.1 Å². The Morgan fingerprint density at radius 3 is 2.50 bits per heavy atom. The predicted molar refractivity (Wildman–Crippen MR) is 128 cm³/mol. The van der Waals surface area contributed by atoms with Gasteiger partial charge in [0.2, 0.25) is 0 Å². The van der Waals surface area contributed by atoms with Crippen LogP contribution in [0.25, 0.3) is 5.69 Å². The maximum atomic E-state index is 5.99. The molecule has 0 saturated carbocycles. The summed E-state index contributed by atoms with van der Waals surface area (Å²) < 4.78 is 1.93. The Bertz CT molecular complexity index is 885. The van der Waals surface area contributed by atoms with Crippen LogP contribution >= 0.6 is 24.0 Å². The maximum absolute atomic E-state index is 5.99. The number of aliphatic imine (C=N–C) groups is 1. The summed E-state index contributed by atoms with van der Waals surface area (Å²) in [5, 5.41) is 7.75. The molecule has 0 aliphatic carbocycles. The minimum atomic E-state index is 0. The van der Waals surface area contributed by atoms with Crippen molar-refractivity contribution in [3.63, 3.8) is 0 Å². The molecule has 28 heavy (non-hydrogen) atoms. The molecule has 5 nitrogen and oxygen atoms in total. The number of aryl methyl sites for hydroxylation is 3. The largest absolute Gasteiger partial charge is 0.370 e. The van der Waals surface area contributed by atoms with E-state index in [0.29, 0.717) is 12.5 Å². The summed E-state index contributed by atoms with van der Waals surface area (Å²) in [4.78, 5) is 4.43. The smallest absolute Gasteiger partial charge is 0.193 e. The Balaban J connectivity index is 0.00000280. The third-order valence-corrected chi connectivity index (χ3v) is 4.54. The molecule has 0 fully saturated rings. The van der Waals surface area contributed by atoms with Gasteiger partial charge in [-0.2, -0.15) is 5.10 Å². The van der Waals surface area contributed by atoms with Gasteiger partial charge in [0.25, 0.3) is 0 Å². The van der Waals surface area contributed by atoms with Gasteiger partial charge >= 0.3 is 0 Å². The number of aromatic nitrogens is 2.